The van der Waals surface area contributed by atoms with Gasteiger partial charge in [-0.3, -0.25) is 19.2 Å². The minimum absolute atomic E-state index is 0.129. The molecular formula is C32H37F3N6O9S. The first-order valence-electron chi connectivity index (χ1n) is 15.8. The number of benzene rings is 2. The van der Waals surface area contributed by atoms with Gasteiger partial charge in [0, 0.05) is 18.9 Å². The molecule has 0 saturated carbocycles. The van der Waals surface area contributed by atoms with Gasteiger partial charge in [-0.15, -0.1) is 5.01 Å². The maximum Gasteiger partial charge on any atom is 0.435 e. The average Bonchev–Trinajstić information content (AvgIpc) is 3.74. The predicted molar refractivity (Wildman–Crippen MR) is 172 cm³/mol. The Hall–Kier alpha value is -5.20. The number of amides is 1. The van der Waals surface area contributed by atoms with E-state index in [1.165, 1.54) is 24.1 Å². The van der Waals surface area contributed by atoms with Crippen LogP contribution in [0.15, 0.2) is 64.8 Å². The lowest BCUT2D eigenvalue weighted by Crippen LogP contribution is -2.39. The fourth-order valence-corrected chi connectivity index (χ4v) is 5.85. The molecule has 1 saturated heterocycles. The fourth-order valence-electron chi connectivity index (χ4n) is 4.84. The number of hydrogen-bond donors (Lipinski definition) is 1. The van der Waals surface area contributed by atoms with Gasteiger partial charge >= 0.3 is 18.1 Å². The Morgan fingerprint density at radius 3 is 2.37 bits per heavy atom. The number of nitrogens with zero attached hydrogens (tertiary/aromatic N) is 5. The van der Waals surface area contributed by atoms with Crippen LogP contribution < -0.4 is 4.72 Å². The van der Waals surface area contributed by atoms with Crippen LogP contribution in [0.4, 0.5) is 13.2 Å². The van der Waals surface area contributed by atoms with Crippen molar-refractivity contribution in [3.05, 3.63) is 71.1 Å². The molecule has 0 spiro atoms. The third kappa shape index (κ3) is 10.4. The number of nitrogens with one attached hydrogen (secondary N) is 1. The molecule has 1 amide bonds. The Bertz CT molecular complexity index is 1850. The van der Waals surface area contributed by atoms with Gasteiger partial charge in [0.15, 0.2) is 5.69 Å². The van der Waals surface area contributed by atoms with E-state index in [9.17, 15) is 41.2 Å². The number of halogens is 3. The Kier molecular flexibility index (Phi) is 12.3. The number of sulfonamides is 1. The second kappa shape index (κ2) is 16.2. The SMILES string of the molecule is Cc1ccc(-c2cc(C(F)(F)F)nn2-c2ccc(S(=O)(=O)NC(=O)CCC(=O)OC[C@@H]3CCCN3/[N+]([O-])=N\OC(C)OC(=O)C(C)C)cc2)cc1. The molecule has 1 aliphatic heterocycles. The van der Waals surface area contributed by atoms with Gasteiger partial charge in [0.1, 0.15) is 12.6 Å². The van der Waals surface area contributed by atoms with Crippen molar-refractivity contribution in [2.75, 3.05) is 13.2 Å². The third-order valence-corrected chi connectivity index (χ3v) is 8.95. The maximum absolute atomic E-state index is 13.5. The number of aromatic nitrogens is 2. The highest BCUT2D eigenvalue weighted by Crippen LogP contribution is 2.33. The second-order valence-electron chi connectivity index (χ2n) is 12.0. The molecular weight excluding hydrogens is 701 g/mol. The molecule has 51 heavy (non-hydrogen) atoms. The van der Waals surface area contributed by atoms with Gasteiger partial charge in [-0.1, -0.05) is 43.7 Å². The minimum Gasteiger partial charge on any atom is -0.569 e. The lowest BCUT2D eigenvalue weighted by Gasteiger charge is -2.20. The molecule has 0 radical (unpaired) electrons. The summed E-state index contributed by atoms with van der Waals surface area (Å²) in [4.78, 5) is 41.2. The van der Waals surface area contributed by atoms with Crippen LogP contribution >= 0.6 is 0 Å². The summed E-state index contributed by atoms with van der Waals surface area (Å²) >= 11 is 0. The zero-order chi connectivity index (χ0) is 37.5. The van der Waals surface area contributed by atoms with Crippen molar-refractivity contribution >= 4 is 27.9 Å². The van der Waals surface area contributed by atoms with Gasteiger partial charge in [-0.2, -0.15) is 18.3 Å². The van der Waals surface area contributed by atoms with E-state index >= 15 is 0 Å². The number of hydrogen-bond acceptors (Lipinski definition) is 11. The Balaban J connectivity index is 1.30. The molecule has 4 rings (SSSR count). The molecule has 3 aromatic rings. The van der Waals surface area contributed by atoms with E-state index in [1.807, 2.05) is 11.6 Å². The van der Waals surface area contributed by atoms with Crippen LogP contribution in [0, 0.1) is 18.0 Å². The highest BCUT2D eigenvalue weighted by atomic mass is 32.2. The summed E-state index contributed by atoms with van der Waals surface area (Å²) in [6.45, 7) is 6.55. The van der Waals surface area contributed by atoms with Gasteiger partial charge < -0.3 is 14.7 Å². The summed E-state index contributed by atoms with van der Waals surface area (Å²) in [7, 11) is -4.41. The molecule has 276 valence electrons. The lowest BCUT2D eigenvalue weighted by atomic mass is 10.1. The highest BCUT2D eigenvalue weighted by Gasteiger charge is 2.36. The number of rotatable bonds is 14. The Morgan fingerprint density at radius 1 is 1.08 bits per heavy atom. The largest absolute Gasteiger partial charge is 0.569 e. The van der Waals surface area contributed by atoms with Crippen molar-refractivity contribution in [3.8, 4) is 16.9 Å². The summed E-state index contributed by atoms with van der Waals surface area (Å²) in [6.07, 6.45) is -5.78. The first-order chi connectivity index (χ1) is 23.9. The Morgan fingerprint density at radius 2 is 1.75 bits per heavy atom. The highest BCUT2D eigenvalue weighted by molar-refractivity contribution is 7.90. The quantitative estimate of drug-likeness (QED) is 0.0787. The van der Waals surface area contributed by atoms with Crippen molar-refractivity contribution in [1.82, 2.24) is 19.5 Å². The van der Waals surface area contributed by atoms with Gasteiger partial charge in [-0.05, 0) is 50.1 Å². The summed E-state index contributed by atoms with van der Waals surface area (Å²) in [6, 6.07) is 11.8. The predicted octanol–water partition coefficient (Wildman–Crippen LogP) is 4.81. The molecule has 1 aromatic heterocycles. The standard InChI is InChI=1S/C32H37F3N6O9S/c1-20(2)31(44)49-22(4)50-38-41(45)39-17-5-6-25(39)19-48-30(43)16-15-29(42)37-51(46,47)26-13-11-24(12-14-26)40-27(18-28(36-40)32(33,34)35)23-9-7-21(3)8-10-23/h7-14,18,20,22,25H,5-6,15-17,19H2,1-4H3,(H,37,42)/b41-38+/t22?,25-/m0/s1. The summed E-state index contributed by atoms with van der Waals surface area (Å²) in [5, 5.41) is 20.8. The van der Waals surface area contributed by atoms with E-state index in [0.29, 0.717) is 18.4 Å². The van der Waals surface area contributed by atoms with Gasteiger partial charge in [0.2, 0.25) is 11.2 Å². The van der Waals surface area contributed by atoms with Crippen molar-refractivity contribution in [2.24, 2.45) is 11.2 Å². The number of aryl methyl sites for hydroxylation is 1. The number of esters is 2. The molecule has 2 aromatic carbocycles. The van der Waals surface area contributed by atoms with Crippen LogP contribution in [0.5, 0.6) is 0 Å². The molecule has 0 aliphatic carbocycles. The topological polar surface area (TPSA) is 185 Å². The van der Waals surface area contributed by atoms with Gasteiger partial charge in [0.05, 0.1) is 40.1 Å². The van der Waals surface area contributed by atoms with Gasteiger partial charge in [0.25, 0.3) is 16.3 Å². The minimum atomic E-state index is -4.72. The zero-order valence-electron chi connectivity index (χ0n) is 28.1. The van der Waals surface area contributed by atoms with Crippen LogP contribution in [-0.2, 0) is 44.9 Å². The van der Waals surface area contributed by atoms with Crippen LogP contribution in [0.3, 0.4) is 0 Å². The number of alkyl halides is 3. The average molecular weight is 739 g/mol. The van der Waals surface area contributed by atoms with E-state index < -0.39 is 70.8 Å². The van der Waals surface area contributed by atoms with Crippen LogP contribution in [0.25, 0.3) is 16.9 Å². The van der Waals surface area contributed by atoms with Crippen molar-refractivity contribution in [2.45, 2.75) is 76.8 Å². The summed E-state index contributed by atoms with van der Waals surface area (Å²) < 4.78 is 79.4. The van der Waals surface area contributed by atoms with Crippen molar-refractivity contribution < 1.29 is 55.3 Å². The molecule has 2 heterocycles. The van der Waals surface area contributed by atoms with Crippen LogP contribution in [-0.4, -0.2) is 71.5 Å². The number of carbonyl (C=O) groups excluding carboxylic acids is 3. The normalized spacial score (nSPS) is 15.8. The lowest BCUT2D eigenvalue weighted by molar-refractivity contribution is -0.716. The number of hydrazine groups is 1. The molecule has 1 fully saturated rings. The maximum atomic E-state index is 13.5. The third-order valence-electron chi connectivity index (χ3n) is 7.56. The van der Waals surface area contributed by atoms with E-state index in [2.05, 4.69) is 10.4 Å². The van der Waals surface area contributed by atoms with Crippen LogP contribution in [0.1, 0.15) is 57.7 Å². The summed E-state index contributed by atoms with van der Waals surface area (Å²) in [5.41, 5.74) is 0.488. The van der Waals surface area contributed by atoms with E-state index in [1.54, 1.807) is 38.1 Å². The number of carbonyl (C=O) groups is 3. The smallest absolute Gasteiger partial charge is 0.435 e. The zero-order valence-corrected chi connectivity index (χ0v) is 28.9. The molecule has 2 atom stereocenters. The Labute approximate surface area is 291 Å². The van der Waals surface area contributed by atoms with Crippen molar-refractivity contribution in [3.63, 3.8) is 0 Å². The molecule has 15 nitrogen and oxygen atoms in total. The first-order valence-corrected chi connectivity index (χ1v) is 17.3. The fraction of sp³-hybridized carbons (Fsp3) is 0.438. The van der Waals surface area contributed by atoms with E-state index in [4.69, 9.17) is 14.3 Å². The van der Waals surface area contributed by atoms with Crippen molar-refractivity contribution in [1.29, 1.82) is 0 Å². The number of ether oxygens (including phenoxy) is 2. The first kappa shape index (κ1) is 38.6. The second-order valence-corrected chi connectivity index (χ2v) is 13.6. The van der Waals surface area contributed by atoms with Gasteiger partial charge in [-0.25, -0.2) is 17.8 Å². The van der Waals surface area contributed by atoms with Crippen LogP contribution in [0.2, 0.25) is 0 Å². The molecule has 1 N–H and O–H groups in total. The summed E-state index contributed by atoms with van der Waals surface area (Å²) in [5.74, 6) is -2.76. The molecule has 1 aliphatic rings. The monoisotopic (exact) mass is 738 g/mol. The van der Waals surface area contributed by atoms with E-state index in [0.717, 1.165) is 28.4 Å². The molecule has 0 bridgehead atoms. The van der Waals surface area contributed by atoms with E-state index in [-0.39, 0.29) is 34.4 Å². The molecule has 19 heteroatoms. The molecule has 1 unspecified atom stereocenters.